The SMILES string of the molecule is C=Cc1nn(Cc2cc3cccc(C)c3c(=O)n2-c2ccccc2F)c2ncnc(N)c12. The van der Waals surface area contributed by atoms with Crippen LogP contribution in [0.3, 0.4) is 0 Å². The molecule has 3 heterocycles. The lowest BCUT2D eigenvalue weighted by molar-refractivity contribution is 0.606. The van der Waals surface area contributed by atoms with Gasteiger partial charge < -0.3 is 5.73 Å². The topological polar surface area (TPSA) is 91.6 Å². The van der Waals surface area contributed by atoms with Crippen LogP contribution in [-0.4, -0.2) is 24.3 Å². The monoisotopic (exact) mass is 426 g/mol. The molecular weight excluding hydrogens is 407 g/mol. The summed E-state index contributed by atoms with van der Waals surface area (Å²) in [6, 6.07) is 13.7. The summed E-state index contributed by atoms with van der Waals surface area (Å²) in [6.07, 6.45) is 2.93. The first kappa shape index (κ1) is 19.6. The highest BCUT2D eigenvalue weighted by Gasteiger charge is 2.19. The third-order valence-corrected chi connectivity index (χ3v) is 5.52. The zero-order valence-corrected chi connectivity index (χ0v) is 17.3. The van der Waals surface area contributed by atoms with Gasteiger partial charge in [0.2, 0.25) is 0 Å². The number of benzene rings is 2. The number of hydrogen-bond acceptors (Lipinski definition) is 5. The predicted molar refractivity (Wildman–Crippen MR) is 123 cm³/mol. The lowest BCUT2D eigenvalue weighted by Crippen LogP contribution is -2.25. The van der Waals surface area contributed by atoms with E-state index >= 15 is 0 Å². The van der Waals surface area contributed by atoms with Crippen LogP contribution < -0.4 is 11.3 Å². The Bertz CT molecular complexity index is 1580. The highest BCUT2D eigenvalue weighted by molar-refractivity contribution is 5.92. The molecule has 0 amide bonds. The van der Waals surface area contributed by atoms with E-state index in [0.717, 1.165) is 10.9 Å². The van der Waals surface area contributed by atoms with Gasteiger partial charge in [-0.1, -0.05) is 36.9 Å². The minimum absolute atomic E-state index is 0.161. The largest absolute Gasteiger partial charge is 0.383 e. The van der Waals surface area contributed by atoms with Crippen molar-refractivity contribution in [3.63, 3.8) is 0 Å². The van der Waals surface area contributed by atoms with Crippen molar-refractivity contribution in [3.8, 4) is 5.69 Å². The Labute approximate surface area is 182 Å². The minimum atomic E-state index is -0.493. The second-order valence-corrected chi connectivity index (χ2v) is 7.47. The van der Waals surface area contributed by atoms with Crippen LogP contribution in [0.4, 0.5) is 10.2 Å². The normalized spacial score (nSPS) is 11.3. The molecule has 7 nitrogen and oxygen atoms in total. The number of halogens is 1. The first-order chi connectivity index (χ1) is 15.5. The summed E-state index contributed by atoms with van der Waals surface area (Å²) in [5.74, 6) is -0.204. The number of rotatable bonds is 4. The van der Waals surface area contributed by atoms with Crippen LogP contribution in [0.1, 0.15) is 17.0 Å². The predicted octanol–water partition coefficient (Wildman–Crippen LogP) is 3.85. The van der Waals surface area contributed by atoms with Gasteiger partial charge in [0.05, 0.1) is 28.7 Å². The zero-order chi connectivity index (χ0) is 22.4. The maximum Gasteiger partial charge on any atom is 0.263 e. The molecule has 0 saturated heterocycles. The van der Waals surface area contributed by atoms with Crippen LogP contribution in [0, 0.1) is 12.7 Å². The number of nitrogens with zero attached hydrogens (tertiary/aromatic N) is 5. The molecule has 2 aromatic carbocycles. The van der Waals surface area contributed by atoms with E-state index in [9.17, 15) is 9.18 Å². The van der Waals surface area contributed by atoms with E-state index in [4.69, 9.17) is 5.73 Å². The number of nitrogen functional groups attached to an aromatic ring is 1. The van der Waals surface area contributed by atoms with Crippen molar-refractivity contribution in [2.24, 2.45) is 0 Å². The molecule has 0 atom stereocenters. The van der Waals surface area contributed by atoms with Gasteiger partial charge in [-0.05, 0) is 42.1 Å². The molecule has 8 heteroatoms. The maximum atomic E-state index is 14.8. The van der Waals surface area contributed by atoms with E-state index in [0.29, 0.717) is 27.8 Å². The van der Waals surface area contributed by atoms with Crippen molar-refractivity contribution in [2.75, 3.05) is 5.73 Å². The Morgan fingerprint density at radius 3 is 2.72 bits per heavy atom. The van der Waals surface area contributed by atoms with Crippen LogP contribution in [0.2, 0.25) is 0 Å². The number of nitrogens with two attached hydrogens (primary N) is 1. The Morgan fingerprint density at radius 1 is 1.12 bits per heavy atom. The van der Waals surface area contributed by atoms with Crippen LogP contribution in [0.5, 0.6) is 0 Å². The molecule has 5 aromatic rings. The van der Waals surface area contributed by atoms with E-state index in [1.54, 1.807) is 29.0 Å². The summed E-state index contributed by atoms with van der Waals surface area (Å²) >= 11 is 0. The molecule has 0 aliphatic rings. The van der Waals surface area contributed by atoms with Crippen molar-refractivity contribution in [2.45, 2.75) is 13.5 Å². The minimum Gasteiger partial charge on any atom is -0.383 e. The highest BCUT2D eigenvalue weighted by Crippen LogP contribution is 2.25. The first-order valence-corrected chi connectivity index (χ1v) is 9.98. The molecule has 158 valence electrons. The van der Waals surface area contributed by atoms with Crippen molar-refractivity contribution in [1.82, 2.24) is 24.3 Å². The molecule has 0 saturated carbocycles. The van der Waals surface area contributed by atoms with E-state index in [2.05, 4.69) is 21.6 Å². The molecule has 0 unspecified atom stereocenters. The highest BCUT2D eigenvalue weighted by atomic mass is 19.1. The number of pyridine rings is 1. The van der Waals surface area contributed by atoms with Crippen LogP contribution in [0.15, 0.2) is 66.2 Å². The van der Waals surface area contributed by atoms with Gasteiger partial charge >= 0.3 is 0 Å². The van der Waals surface area contributed by atoms with Gasteiger partial charge in [-0.2, -0.15) is 5.10 Å². The summed E-state index contributed by atoms with van der Waals surface area (Å²) in [7, 11) is 0. The molecule has 0 radical (unpaired) electrons. The van der Waals surface area contributed by atoms with Crippen LogP contribution in [0.25, 0.3) is 33.6 Å². The molecule has 0 spiro atoms. The zero-order valence-electron chi connectivity index (χ0n) is 17.3. The average molecular weight is 426 g/mol. The number of fused-ring (bicyclic) bond motifs is 2. The van der Waals surface area contributed by atoms with Gasteiger partial charge in [-0.15, -0.1) is 0 Å². The van der Waals surface area contributed by atoms with E-state index < -0.39 is 5.82 Å². The van der Waals surface area contributed by atoms with Gasteiger partial charge in [0.15, 0.2) is 5.65 Å². The fourth-order valence-electron chi connectivity index (χ4n) is 4.07. The van der Waals surface area contributed by atoms with E-state index in [1.807, 2.05) is 31.2 Å². The summed E-state index contributed by atoms with van der Waals surface area (Å²) < 4.78 is 17.8. The molecule has 0 aliphatic heterocycles. The summed E-state index contributed by atoms with van der Waals surface area (Å²) in [5, 5.41) is 6.45. The average Bonchev–Trinajstić information content (AvgIpc) is 3.14. The van der Waals surface area contributed by atoms with Crippen molar-refractivity contribution < 1.29 is 4.39 Å². The summed E-state index contributed by atoms with van der Waals surface area (Å²) in [4.78, 5) is 22.0. The fourth-order valence-corrected chi connectivity index (χ4v) is 4.07. The number of anilines is 1. The van der Waals surface area contributed by atoms with Crippen molar-refractivity contribution in [3.05, 3.63) is 94.6 Å². The van der Waals surface area contributed by atoms with Gasteiger partial charge in [0.25, 0.3) is 5.56 Å². The fraction of sp³-hybridized carbons (Fsp3) is 0.0833. The Morgan fingerprint density at radius 2 is 1.94 bits per heavy atom. The quantitative estimate of drug-likeness (QED) is 0.471. The van der Waals surface area contributed by atoms with E-state index in [1.165, 1.54) is 17.0 Å². The molecule has 3 aromatic heterocycles. The summed E-state index contributed by atoms with van der Waals surface area (Å²) in [5.41, 5.74) is 8.33. The van der Waals surface area contributed by atoms with Gasteiger partial charge in [0.1, 0.15) is 18.0 Å². The summed E-state index contributed by atoms with van der Waals surface area (Å²) in [6.45, 7) is 5.82. The number of aryl methyl sites for hydroxylation is 1. The molecule has 0 aliphatic carbocycles. The molecular formula is C24H19FN6O. The van der Waals surface area contributed by atoms with E-state index in [-0.39, 0.29) is 23.6 Å². The number of para-hydroxylation sites is 1. The lowest BCUT2D eigenvalue weighted by atomic mass is 10.1. The Balaban J connectivity index is 1.82. The van der Waals surface area contributed by atoms with Gasteiger partial charge in [-0.3, -0.25) is 9.36 Å². The maximum absolute atomic E-state index is 14.8. The van der Waals surface area contributed by atoms with Crippen LogP contribution in [-0.2, 0) is 6.54 Å². The number of hydrogen-bond donors (Lipinski definition) is 1. The third kappa shape index (κ3) is 2.96. The second-order valence-electron chi connectivity index (χ2n) is 7.47. The molecule has 0 fully saturated rings. The second kappa shape index (κ2) is 7.42. The van der Waals surface area contributed by atoms with Gasteiger partial charge in [-0.25, -0.2) is 19.0 Å². The van der Waals surface area contributed by atoms with Gasteiger partial charge in [0, 0.05) is 5.69 Å². The van der Waals surface area contributed by atoms with Crippen molar-refractivity contribution in [1.29, 1.82) is 0 Å². The smallest absolute Gasteiger partial charge is 0.263 e. The molecule has 0 bridgehead atoms. The first-order valence-electron chi connectivity index (χ1n) is 9.98. The molecule has 5 rings (SSSR count). The van der Waals surface area contributed by atoms with Crippen molar-refractivity contribution >= 4 is 33.7 Å². The lowest BCUT2D eigenvalue weighted by Gasteiger charge is -2.16. The van der Waals surface area contributed by atoms with Crippen LogP contribution >= 0.6 is 0 Å². The standard InChI is InChI=1S/C24H19FN6O/c1-3-18-21-22(26)27-13-28-23(21)30(29-18)12-16-11-15-8-6-7-14(2)20(15)24(32)31(16)19-10-5-4-9-17(19)25/h3-11,13H,1,12H2,2H3,(H2,26,27,28). The number of aromatic nitrogens is 5. The third-order valence-electron chi connectivity index (χ3n) is 5.52. The Kier molecular flexibility index (Phi) is 4.55. The Hall–Kier alpha value is -4.33. The molecule has 2 N–H and O–H groups in total. The molecule has 32 heavy (non-hydrogen) atoms.